The normalized spacial score (nSPS) is 18.6. The molecule has 0 unspecified atom stereocenters. The Balaban J connectivity index is 1.57. The van der Waals surface area contributed by atoms with Crippen LogP contribution >= 0.6 is 0 Å². The average molecular weight is 410 g/mol. The fraction of sp³-hybridized carbons (Fsp3) is 0.455. The number of carbonyl (C=O) groups excluding carboxylic acids is 3. The number of likely N-dealkylation sites (N-methyl/N-ethyl adjacent to an activating group) is 1. The summed E-state index contributed by atoms with van der Waals surface area (Å²) in [5.74, 6) is 0.313. The van der Waals surface area contributed by atoms with Crippen LogP contribution in [0, 0.1) is 13.8 Å². The summed E-state index contributed by atoms with van der Waals surface area (Å²) in [7, 11) is 0. The summed E-state index contributed by atoms with van der Waals surface area (Å²) in [6.45, 7) is 6.72. The van der Waals surface area contributed by atoms with Crippen LogP contribution in [-0.4, -0.2) is 62.7 Å². The van der Waals surface area contributed by atoms with Crippen molar-refractivity contribution >= 4 is 17.8 Å². The molecule has 30 heavy (non-hydrogen) atoms. The summed E-state index contributed by atoms with van der Waals surface area (Å²) in [5, 5.41) is 0. The van der Waals surface area contributed by atoms with Crippen LogP contribution in [0.15, 0.2) is 34.7 Å². The third-order valence-electron chi connectivity index (χ3n) is 6.10. The highest BCUT2D eigenvalue weighted by Crippen LogP contribution is 2.38. The van der Waals surface area contributed by atoms with Gasteiger partial charge in [0.05, 0.1) is 5.69 Å². The number of hydrogen-bond donors (Lipinski definition) is 0. The van der Waals surface area contributed by atoms with E-state index in [2.05, 4.69) is 4.98 Å². The van der Waals surface area contributed by atoms with Crippen LogP contribution in [0.25, 0.3) is 0 Å². The van der Waals surface area contributed by atoms with Gasteiger partial charge >= 0.3 is 6.03 Å². The average Bonchev–Trinajstić information content (AvgIpc) is 3.18. The largest absolute Gasteiger partial charge is 0.436 e. The number of rotatable bonds is 4. The summed E-state index contributed by atoms with van der Waals surface area (Å²) in [6, 6.07) is 9.41. The molecule has 3 heterocycles. The van der Waals surface area contributed by atoms with E-state index < -0.39 is 5.54 Å². The van der Waals surface area contributed by atoms with Gasteiger partial charge in [0.15, 0.2) is 5.89 Å². The number of likely N-dealkylation sites (tertiary alicyclic amines) is 1. The maximum atomic E-state index is 13.3. The van der Waals surface area contributed by atoms with Gasteiger partial charge in [-0.1, -0.05) is 30.3 Å². The van der Waals surface area contributed by atoms with E-state index in [1.165, 1.54) is 4.90 Å². The van der Waals surface area contributed by atoms with E-state index in [4.69, 9.17) is 4.42 Å². The first-order valence-corrected chi connectivity index (χ1v) is 10.3. The Morgan fingerprint density at radius 2 is 1.80 bits per heavy atom. The maximum absolute atomic E-state index is 13.3. The summed E-state index contributed by atoms with van der Waals surface area (Å²) < 4.78 is 5.48. The second kappa shape index (κ2) is 7.59. The second-order valence-electron chi connectivity index (χ2n) is 7.87. The number of urea groups is 1. The molecule has 158 valence electrons. The van der Waals surface area contributed by atoms with Crippen molar-refractivity contribution in [3.63, 3.8) is 0 Å². The molecule has 0 N–H and O–H groups in total. The molecule has 2 aromatic rings. The smallest absolute Gasteiger partial charge is 0.327 e. The Hall–Kier alpha value is -3.16. The fourth-order valence-electron chi connectivity index (χ4n) is 4.48. The lowest BCUT2D eigenvalue weighted by atomic mass is 9.85. The molecule has 0 aliphatic carbocycles. The molecule has 2 aliphatic rings. The number of nitrogens with zero attached hydrogens (tertiary/aromatic N) is 4. The number of benzene rings is 1. The molecule has 0 radical (unpaired) electrons. The molecule has 2 fully saturated rings. The molecule has 8 heteroatoms. The van der Waals surface area contributed by atoms with Gasteiger partial charge in [-0.15, -0.1) is 0 Å². The van der Waals surface area contributed by atoms with E-state index in [9.17, 15) is 14.4 Å². The molecule has 2 saturated heterocycles. The summed E-state index contributed by atoms with van der Waals surface area (Å²) in [4.78, 5) is 48.1. The van der Waals surface area contributed by atoms with Crippen molar-refractivity contribution in [2.75, 3.05) is 19.6 Å². The highest BCUT2D eigenvalue weighted by molar-refractivity contribution is 6.07. The zero-order chi connectivity index (χ0) is 21.5. The predicted octanol–water partition coefficient (Wildman–Crippen LogP) is 2.75. The maximum Gasteiger partial charge on any atom is 0.327 e. The topological polar surface area (TPSA) is 87.0 Å². The third-order valence-corrected chi connectivity index (χ3v) is 6.10. The Morgan fingerprint density at radius 1 is 1.13 bits per heavy atom. The molecule has 0 atom stereocenters. The molecule has 0 saturated carbocycles. The van der Waals surface area contributed by atoms with E-state index in [0.717, 1.165) is 5.56 Å². The van der Waals surface area contributed by atoms with E-state index in [1.54, 1.807) is 23.6 Å². The third kappa shape index (κ3) is 3.16. The minimum atomic E-state index is -0.911. The Morgan fingerprint density at radius 3 is 2.37 bits per heavy atom. The van der Waals surface area contributed by atoms with Crippen molar-refractivity contribution < 1.29 is 18.8 Å². The molecule has 4 amide bonds. The number of aryl methyl sites for hydroxylation is 2. The number of imide groups is 1. The molecule has 4 rings (SSSR count). The molecular weight excluding hydrogens is 384 g/mol. The van der Waals surface area contributed by atoms with Gasteiger partial charge in [-0.05, 0) is 32.3 Å². The van der Waals surface area contributed by atoms with Crippen LogP contribution in [0.1, 0.15) is 47.5 Å². The quantitative estimate of drug-likeness (QED) is 0.724. The van der Waals surface area contributed by atoms with Crippen molar-refractivity contribution in [3.05, 3.63) is 53.2 Å². The Bertz CT molecular complexity index is 976. The Kier molecular flexibility index (Phi) is 5.09. The van der Waals surface area contributed by atoms with Crippen molar-refractivity contribution in [3.8, 4) is 0 Å². The summed E-state index contributed by atoms with van der Waals surface area (Å²) >= 11 is 0. The van der Waals surface area contributed by atoms with Crippen molar-refractivity contribution in [1.29, 1.82) is 0 Å². The lowest BCUT2D eigenvalue weighted by Crippen LogP contribution is -2.57. The lowest BCUT2D eigenvalue weighted by Gasteiger charge is -2.42. The molecule has 8 nitrogen and oxygen atoms in total. The van der Waals surface area contributed by atoms with Gasteiger partial charge in [-0.25, -0.2) is 9.78 Å². The second-order valence-corrected chi connectivity index (χ2v) is 7.87. The Labute approximate surface area is 175 Å². The standard InChI is InChI=1S/C22H26N4O4/c1-4-25-20(28)22(26(21(25)29)14-17-8-6-5-7-9-17)10-12-24(13-11-22)19(27)18-15(2)23-16(3)30-18/h5-9H,4,10-14H2,1-3H3. The van der Waals surface area contributed by atoms with Gasteiger partial charge in [0.25, 0.3) is 11.8 Å². The summed E-state index contributed by atoms with van der Waals surface area (Å²) in [5.41, 5.74) is 0.626. The summed E-state index contributed by atoms with van der Waals surface area (Å²) in [6.07, 6.45) is 0.803. The molecule has 1 spiro atoms. The van der Waals surface area contributed by atoms with Crippen LogP contribution in [0.3, 0.4) is 0 Å². The first-order valence-electron chi connectivity index (χ1n) is 10.3. The SMILES string of the molecule is CCN1C(=O)N(Cc2ccccc2)C2(CCN(C(=O)c3oc(C)nc3C)CC2)C1=O. The van der Waals surface area contributed by atoms with Gasteiger partial charge in [0, 0.05) is 33.1 Å². The first kappa shape index (κ1) is 20.1. The molecular formula is C22H26N4O4. The number of hydrogen-bond acceptors (Lipinski definition) is 5. The first-order chi connectivity index (χ1) is 14.4. The zero-order valence-corrected chi connectivity index (χ0v) is 17.6. The fourth-order valence-corrected chi connectivity index (χ4v) is 4.48. The van der Waals surface area contributed by atoms with Gasteiger partial charge in [0.2, 0.25) is 5.76 Å². The molecule has 0 bridgehead atoms. The minimum absolute atomic E-state index is 0.162. The van der Waals surface area contributed by atoms with E-state index in [-0.39, 0.29) is 23.6 Å². The van der Waals surface area contributed by atoms with Crippen LogP contribution < -0.4 is 0 Å². The molecule has 1 aromatic heterocycles. The monoisotopic (exact) mass is 410 g/mol. The van der Waals surface area contributed by atoms with Crippen LogP contribution in [0.4, 0.5) is 4.79 Å². The number of aromatic nitrogens is 1. The van der Waals surface area contributed by atoms with E-state index in [1.807, 2.05) is 37.3 Å². The number of piperidine rings is 1. The number of amides is 4. The molecule has 1 aromatic carbocycles. The van der Waals surface area contributed by atoms with E-state index in [0.29, 0.717) is 50.6 Å². The predicted molar refractivity (Wildman–Crippen MR) is 109 cm³/mol. The number of oxazole rings is 1. The van der Waals surface area contributed by atoms with E-state index >= 15 is 0 Å². The zero-order valence-electron chi connectivity index (χ0n) is 17.6. The van der Waals surface area contributed by atoms with Crippen LogP contribution in [-0.2, 0) is 11.3 Å². The van der Waals surface area contributed by atoms with Crippen molar-refractivity contribution in [2.24, 2.45) is 0 Å². The lowest BCUT2D eigenvalue weighted by molar-refractivity contribution is -0.135. The molecule has 2 aliphatic heterocycles. The van der Waals surface area contributed by atoms with Gasteiger partial charge in [0.1, 0.15) is 5.54 Å². The van der Waals surface area contributed by atoms with Crippen LogP contribution in [0.5, 0.6) is 0 Å². The minimum Gasteiger partial charge on any atom is -0.436 e. The number of carbonyl (C=O) groups is 3. The van der Waals surface area contributed by atoms with Gasteiger partial charge < -0.3 is 14.2 Å². The van der Waals surface area contributed by atoms with Gasteiger partial charge in [-0.3, -0.25) is 14.5 Å². The van der Waals surface area contributed by atoms with Gasteiger partial charge in [-0.2, -0.15) is 0 Å². The highest BCUT2D eigenvalue weighted by Gasteiger charge is 2.57. The van der Waals surface area contributed by atoms with Crippen molar-refractivity contribution in [2.45, 2.75) is 45.7 Å². The van der Waals surface area contributed by atoms with Crippen LogP contribution in [0.2, 0.25) is 0 Å². The highest BCUT2D eigenvalue weighted by atomic mass is 16.4. The van der Waals surface area contributed by atoms with Crippen molar-refractivity contribution in [1.82, 2.24) is 19.7 Å².